The highest BCUT2D eigenvalue weighted by molar-refractivity contribution is 5.71. The van der Waals surface area contributed by atoms with E-state index in [9.17, 15) is 4.79 Å². The number of ether oxygens (including phenoxy) is 1. The van der Waals surface area contributed by atoms with Crippen LogP contribution in [-0.2, 0) is 9.53 Å². The van der Waals surface area contributed by atoms with Crippen molar-refractivity contribution in [3.8, 4) is 0 Å². The maximum atomic E-state index is 11.7. The monoisotopic (exact) mass is 258 g/mol. The average Bonchev–Trinajstić information content (AvgIpc) is 2.25. The Morgan fingerprint density at radius 1 is 1.22 bits per heavy atom. The molecule has 0 saturated carbocycles. The zero-order chi connectivity index (χ0) is 14.0. The molecule has 18 heavy (non-hydrogen) atoms. The predicted octanol–water partition coefficient (Wildman–Crippen LogP) is 1.85. The van der Waals surface area contributed by atoms with Crippen molar-refractivity contribution >= 4 is 5.97 Å². The van der Waals surface area contributed by atoms with E-state index in [1.807, 2.05) is 14.1 Å². The summed E-state index contributed by atoms with van der Waals surface area (Å²) in [6.45, 7) is 10.2. The molecule has 0 spiro atoms. The van der Waals surface area contributed by atoms with E-state index in [1.165, 1.54) is 0 Å². The van der Waals surface area contributed by atoms with Crippen molar-refractivity contribution in [2.45, 2.75) is 33.6 Å². The number of hydrogen-bond acceptors (Lipinski definition) is 4. The van der Waals surface area contributed by atoms with E-state index in [-0.39, 0.29) is 5.97 Å². The van der Waals surface area contributed by atoms with Gasteiger partial charge in [-0.2, -0.15) is 0 Å². The third-order valence-electron chi connectivity index (χ3n) is 2.60. The number of carbonyl (C=O) groups is 1. The van der Waals surface area contributed by atoms with Crippen LogP contribution in [0.1, 0.15) is 33.6 Å². The summed E-state index contributed by atoms with van der Waals surface area (Å²) >= 11 is 0. The number of hydrogen-bond donors (Lipinski definition) is 0. The SMILES string of the molecule is CCCCOC(=O)CN(CCN(C)C)CC(C)C. The summed E-state index contributed by atoms with van der Waals surface area (Å²) in [5, 5.41) is 0. The minimum absolute atomic E-state index is 0.0946. The number of esters is 1. The normalized spacial score (nSPS) is 11.6. The van der Waals surface area contributed by atoms with Crippen molar-refractivity contribution in [2.24, 2.45) is 5.92 Å². The topological polar surface area (TPSA) is 32.8 Å². The lowest BCUT2D eigenvalue weighted by Crippen LogP contribution is -2.38. The number of likely N-dealkylation sites (N-methyl/N-ethyl adjacent to an activating group) is 1. The Kier molecular flexibility index (Phi) is 9.98. The zero-order valence-electron chi connectivity index (χ0n) is 12.7. The third kappa shape index (κ3) is 10.5. The Hall–Kier alpha value is -0.610. The second-order valence-electron chi connectivity index (χ2n) is 5.51. The fraction of sp³-hybridized carbons (Fsp3) is 0.929. The molecule has 0 aromatic heterocycles. The van der Waals surface area contributed by atoms with Gasteiger partial charge in [-0.1, -0.05) is 27.2 Å². The largest absolute Gasteiger partial charge is 0.465 e. The number of unbranched alkanes of at least 4 members (excludes halogenated alkanes) is 1. The van der Waals surface area contributed by atoms with Crippen molar-refractivity contribution < 1.29 is 9.53 Å². The van der Waals surface area contributed by atoms with E-state index in [2.05, 4.69) is 30.6 Å². The molecule has 0 aromatic rings. The highest BCUT2D eigenvalue weighted by atomic mass is 16.5. The van der Waals surface area contributed by atoms with Crippen LogP contribution in [0, 0.1) is 5.92 Å². The van der Waals surface area contributed by atoms with Gasteiger partial charge in [0.25, 0.3) is 0 Å². The van der Waals surface area contributed by atoms with Gasteiger partial charge in [0.2, 0.25) is 0 Å². The fourth-order valence-corrected chi connectivity index (χ4v) is 1.65. The first kappa shape index (κ1) is 17.4. The molecule has 108 valence electrons. The summed E-state index contributed by atoms with van der Waals surface area (Å²) in [5.74, 6) is 0.471. The highest BCUT2D eigenvalue weighted by Gasteiger charge is 2.13. The Balaban J connectivity index is 4.00. The Bertz CT molecular complexity index is 218. The highest BCUT2D eigenvalue weighted by Crippen LogP contribution is 2.00. The first-order chi connectivity index (χ1) is 8.45. The Morgan fingerprint density at radius 3 is 2.39 bits per heavy atom. The molecule has 0 aromatic carbocycles. The first-order valence-electron chi connectivity index (χ1n) is 6.98. The van der Waals surface area contributed by atoms with Crippen LogP contribution >= 0.6 is 0 Å². The molecule has 4 heteroatoms. The first-order valence-corrected chi connectivity index (χ1v) is 6.98. The maximum absolute atomic E-state index is 11.7. The van der Waals surface area contributed by atoms with E-state index in [0.717, 1.165) is 32.5 Å². The number of carbonyl (C=O) groups excluding carboxylic acids is 1. The fourth-order valence-electron chi connectivity index (χ4n) is 1.65. The van der Waals surface area contributed by atoms with Gasteiger partial charge in [0, 0.05) is 19.6 Å². The van der Waals surface area contributed by atoms with Gasteiger partial charge in [0.1, 0.15) is 0 Å². The second kappa shape index (κ2) is 10.3. The van der Waals surface area contributed by atoms with Gasteiger partial charge < -0.3 is 9.64 Å². The molecule has 0 atom stereocenters. The van der Waals surface area contributed by atoms with Gasteiger partial charge in [-0.05, 0) is 26.4 Å². The van der Waals surface area contributed by atoms with E-state index in [4.69, 9.17) is 4.74 Å². The Morgan fingerprint density at radius 2 is 1.89 bits per heavy atom. The molecule has 0 fully saturated rings. The maximum Gasteiger partial charge on any atom is 0.320 e. The number of rotatable bonds is 10. The molecule has 0 bridgehead atoms. The van der Waals surface area contributed by atoms with Crippen LogP contribution in [0.4, 0.5) is 0 Å². The van der Waals surface area contributed by atoms with Crippen molar-refractivity contribution in [3.05, 3.63) is 0 Å². The molecule has 0 unspecified atom stereocenters. The molecule has 0 aliphatic rings. The van der Waals surface area contributed by atoms with Crippen molar-refractivity contribution in [1.82, 2.24) is 9.80 Å². The van der Waals surface area contributed by atoms with Gasteiger partial charge in [0.15, 0.2) is 0 Å². The predicted molar refractivity (Wildman–Crippen MR) is 75.7 cm³/mol. The van der Waals surface area contributed by atoms with Gasteiger partial charge in [0.05, 0.1) is 13.2 Å². The summed E-state index contributed by atoms with van der Waals surface area (Å²) in [6.07, 6.45) is 2.01. The third-order valence-corrected chi connectivity index (χ3v) is 2.60. The molecule has 0 heterocycles. The van der Waals surface area contributed by atoms with Crippen LogP contribution in [0.2, 0.25) is 0 Å². The lowest BCUT2D eigenvalue weighted by Gasteiger charge is -2.24. The summed E-state index contributed by atoms with van der Waals surface area (Å²) in [4.78, 5) is 16.0. The minimum Gasteiger partial charge on any atom is -0.465 e. The van der Waals surface area contributed by atoms with E-state index >= 15 is 0 Å². The number of nitrogens with zero attached hydrogens (tertiary/aromatic N) is 2. The lowest BCUT2D eigenvalue weighted by molar-refractivity contribution is -0.145. The quantitative estimate of drug-likeness (QED) is 0.442. The molecule has 0 amide bonds. The second-order valence-corrected chi connectivity index (χ2v) is 5.51. The van der Waals surface area contributed by atoms with Crippen LogP contribution in [0.3, 0.4) is 0 Å². The summed E-state index contributed by atoms with van der Waals surface area (Å²) in [6, 6.07) is 0. The summed E-state index contributed by atoms with van der Waals surface area (Å²) in [5.41, 5.74) is 0. The molecule has 0 radical (unpaired) electrons. The molecule has 0 rings (SSSR count). The van der Waals surface area contributed by atoms with Gasteiger partial charge in [-0.3, -0.25) is 9.69 Å². The summed E-state index contributed by atoms with van der Waals surface area (Å²) in [7, 11) is 4.10. The van der Waals surface area contributed by atoms with Crippen LogP contribution in [0.25, 0.3) is 0 Å². The van der Waals surface area contributed by atoms with Crippen LogP contribution in [0.5, 0.6) is 0 Å². The molecular formula is C14H30N2O2. The van der Waals surface area contributed by atoms with E-state index in [1.54, 1.807) is 0 Å². The molecule has 4 nitrogen and oxygen atoms in total. The van der Waals surface area contributed by atoms with Crippen LogP contribution in [-0.4, -0.2) is 62.7 Å². The smallest absolute Gasteiger partial charge is 0.320 e. The van der Waals surface area contributed by atoms with Gasteiger partial charge in [-0.15, -0.1) is 0 Å². The lowest BCUT2D eigenvalue weighted by atomic mass is 10.2. The molecule has 0 aliphatic carbocycles. The molecular weight excluding hydrogens is 228 g/mol. The zero-order valence-corrected chi connectivity index (χ0v) is 12.7. The van der Waals surface area contributed by atoms with E-state index < -0.39 is 0 Å². The standard InChI is InChI=1S/C14H30N2O2/c1-6-7-10-18-14(17)12-16(11-13(2)3)9-8-15(4)5/h13H,6-12H2,1-5H3. The average molecular weight is 258 g/mol. The molecule has 0 aliphatic heterocycles. The van der Waals surface area contributed by atoms with Crippen molar-refractivity contribution in [2.75, 3.05) is 46.9 Å². The molecule has 0 saturated heterocycles. The van der Waals surface area contributed by atoms with Gasteiger partial charge in [-0.25, -0.2) is 0 Å². The minimum atomic E-state index is -0.0946. The summed E-state index contributed by atoms with van der Waals surface area (Å²) < 4.78 is 5.21. The molecule has 0 N–H and O–H groups in total. The van der Waals surface area contributed by atoms with Gasteiger partial charge >= 0.3 is 5.97 Å². The van der Waals surface area contributed by atoms with Crippen LogP contribution in [0.15, 0.2) is 0 Å². The van der Waals surface area contributed by atoms with Crippen molar-refractivity contribution in [3.63, 3.8) is 0 Å². The van der Waals surface area contributed by atoms with E-state index in [0.29, 0.717) is 19.1 Å². The van der Waals surface area contributed by atoms with Crippen molar-refractivity contribution in [1.29, 1.82) is 0 Å². The van der Waals surface area contributed by atoms with Crippen LogP contribution < -0.4 is 0 Å². The Labute approximate surface area is 112 Å².